The molecule has 3 rings (SSSR count). The van der Waals surface area contributed by atoms with Crippen molar-refractivity contribution in [3.63, 3.8) is 0 Å². The Morgan fingerprint density at radius 2 is 2.23 bits per heavy atom. The SMILES string of the molecule is COc1cc(/C=c2/sc3n(c2=O)C(=O)C[C@@H](C)N=3)ccc1O. The number of ether oxygens (including phenoxy) is 1. The molecule has 0 bridgehead atoms. The summed E-state index contributed by atoms with van der Waals surface area (Å²) in [4.78, 5) is 29.1. The van der Waals surface area contributed by atoms with Gasteiger partial charge in [-0.15, -0.1) is 0 Å². The second kappa shape index (κ2) is 5.42. The number of aromatic nitrogens is 1. The summed E-state index contributed by atoms with van der Waals surface area (Å²) in [5.41, 5.74) is 0.346. The van der Waals surface area contributed by atoms with Crippen LogP contribution in [0.4, 0.5) is 0 Å². The topological polar surface area (TPSA) is 80.9 Å². The van der Waals surface area contributed by atoms with Crippen LogP contribution < -0.4 is 19.6 Å². The third-order valence-corrected chi connectivity index (χ3v) is 4.34. The van der Waals surface area contributed by atoms with Crippen LogP contribution in [0.1, 0.15) is 23.7 Å². The Morgan fingerprint density at radius 1 is 1.45 bits per heavy atom. The van der Waals surface area contributed by atoms with Crippen LogP contribution >= 0.6 is 11.3 Å². The van der Waals surface area contributed by atoms with Crippen LogP contribution in [0.2, 0.25) is 0 Å². The summed E-state index contributed by atoms with van der Waals surface area (Å²) in [6, 6.07) is 4.68. The summed E-state index contributed by atoms with van der Waals surface area (Å²) in [6.07, 6.45) is 1.91. The van der Waals surface area contributed by atoms with Gasteiger partial charge in [0, 0.05) is 6.42 Å². The number of phenolic OH excluding ortho intramolecular Hbond substituents is 1. The zero-order chi connectivity index (χ0) is 15.9. The van der Waals surface area contributed by atoms with Crippen LogP contribution in [0, 0.1) is 0 Å². The Labute approximate surface area is 129 Å². The van der Waals surface area contributed by atoms with Gasteiger partial charge in [0.1, 0.15) is 0 Å². The van der Waals surface area contributed by atoms with Gasteiger partial charge in [0.25, 0.3) is 5.56 Å². The minimum Gasteiger partial charge on any atom is -0.504 e. The Balaban J connectivity index is 2.18. The molecule has 1 aromatic heterocycles. The van der Waals surface area contributed by atoms with Crippen molar-refractivity contribution in [3.8, 4) is 11.5 Å². The molecule has 0 amide bonds. The lowest BCUT2D eigenvalue weighted by Crippen LogP contribution is -2.40. The van der Waals surface area contributed by atoms with E-state index in [4.69, 9.17) is 4.74 Å². The third kappa shape index (κ3) is 2.43. The van der Waals surface area contributed by atoms with Crippen molar-refractivity contribution in [2.45, 2.75) is 19.4 Å². The second-order valence-corrected chi connectivity index (χ2v) is 6.05. The van der Waals surface area contributed by atoms with Crippen LogP contribution in [0.25, 0.3) is 6.08 Å². The number of carbonyl (C=O) groups is 1. The highest BCUT2D eigenvalue weighted by atomic mass is 32.1. The van der Waals surface area contributed by atoms with E-state index in [0.29, 0.717) is 20.6 Å². The average Bonchev–Trinajstić information content (AvgIpc) is 2.77. The van der Waals surface area contributed by atoms with Gasteiger partial charge in [-0.1, -0.05) is 17.4 Å². The quantitative estimate of drug-likeness (QED) is 0.874. The Morgan fingerprint density at radius 3 is 2.95 bits per heavy atom. The van der Waals surface area contributed by atoms with Gasteiger partial charge in [0.2, 0.25) is 5.91 Å². The zero-order valence-electron chi connectivity index (χ0n) is 12.1. The van der Waals surface area contributed by atoms with Gasteiger partial charge in [0.05, 0.1) is 17.7 Å². The smallest absolute Gasteiger partial charge is 0.277 e. The van der Waals surface area contributed by atoms with Crippen molar-refractivity contribution >= 4 is 23.3 Å². The number of hydrogen-bond acceptors (Lipinski definition) is 6. The first-order valence-corrected chi connectivity index (χ1v) is 7.53. The molecule has 0 spiro atoms. The number of carbonyl (C=O) groups excluding carboxylic acids is 1. The first-order valence-electron chi connectivity index (χ1n) is 6.71. The largest absolute Gasteiger partial charge is 0.504 e. The summed E-state index contributed by atoms with van der Waals surface area (Å²) in [5, 5.41) is 9.59. The number of fused-ring (bicyclic) bond motifs is 1. The molecule has 1 aliphatic rings. The summed E-state index contributed by atoms with van der Waals surface area (Å²) in [5.74, 6) is 0.132. The van der Waals surface area contributed by atoms with Gasteiger partial charge in [0.15, 0.2) is 16.3 Å². The highest BCUT2D eigenvalue weighted by Gasteiger charge is 2.20. The lowest BCUT2D eigenvalue weighted by molar-refractivity contribution is 0.0877. The highest BCUT2D eigenvalue weighted by Crippen LogP contribution is 2.26. The van der Waals surface area contributed by atoms with Crippen molar-refractivity contribution in [2.75, 3.05) is 7.11 Å². The van der Waals surface area contributed by atoms with Gasteiger partial charge in [-0.2, -0.15) is 0 Å². The van der Waals surface area contributed by atoms with Crippen molar-refractivity contribution in [1.29, 1.82) is 0 Å². The maximum Gasteiger partial charge on any atom is 0.277 e. The van der Waals surface area contributed by atoms with Gasteiger partial charge < -0.3 is 9.84 Å². The molecule has 2 heterocycles. The molecule has 6 nitrogen and oxygen atoms in total. The van der Waals surface area contributed by atoms with Crippen molar-refractivity contribution < 1.29 is 14.6 Å². The Hall–Kier alpha value is -2.41. The van der Waals surface area contributed by atoms with E-state index in [-0.39, 0.29) is 29.7 Å². The van der Waals surface area contributed by atoms with Gasteiger partial charge in [-0.25, -0.2) is 4.57 Å². The molecule has 1 N–H and O–H groups in total. The molecule has 22 heavy (non-hydrogen) atoms. The predicted octanol–water partition coefficient (Wildman–Crippen LogP) is 0.505. The number of aromatic hydroxyl groups is 1. The molecule has 114 valence electrons. The highest BCUT2D eigenvalue weighted by molar-refractivity contribution is 7.07. The first-order chi connectivity index (χ1) is 10.5. The third-order valence-electron chi connectivity index (χ3n) is 3.36. The molecule has 7 heteroatoms. The molecular weight excluding hydrogens is 304 g/mol. The molecule has 1 atom stereocenters. The number of methoxy groups -OCH3 is 1. The van der Waals surface area contributed by atoms with Gasteiger partial charge >= 0.3 is 0 Å². The molecule has 0 aliphatic carbocycles. The maximum atomic E-state index is 12.3. The number of phenols is 1. The van der Waals surface area contributed by atoms with E-state index in [0.717, 1.165) is 4.57 Å². The Kier molecular flexibility index (Phi) is 3.58. The molecule has 0 fully saturated rings. The van der Waals surface area contributed by atoms with Crippen LogP contribution in [-0.4, -0.2) is 28.7 Å². The average molecular weight is 318 g/mol. The molecular formula is C15H14N2O4S. The number of benzene rings is 1. The maximum absolute atomic E-state index is 12.3. The molecule has 0 saturated heterocycles. The van der Waals surface area contributed by atoms with Crippen molar-refractivity contribution in [2.24, 2.45) is 4.99 Å². The molecule has 2 aromatic rings. The van der Waals surface area contributed by atoms with E-state index in [9.17, 15) is 14.7 Å². The molecule has 0 unspecified atom stereocenters. The summed E-state index contributed by atoms with van der Waals surface area (Å²) in [6.45, 7) is 1.85. The second-order valence-electron chi connectivity index (χ2n) is 5.04. The van der Waals surface area contributed by atoms with E-state index in [1.54, 1.807) is 18.2 Å². The van der Waals surface area contributed by atoms with Crippen LogP contribution in [0.15, 0.2) is 28.0 Å². The van der Waals surface area contributed by atoms with Crippen LogP contribution in [-0.2, 0) is 0 Å². The lowest BCUT2D eigenvalue weighted by atomic mass is 10.2. The fraction of sp³-hybridized carbons (Fsp3) is 0.267. The van der Waals surface area contributed by atoms with Crippen molar-refractivity contribution in [1.82, 2.24) is 4.57 Å². The fourth-order valence-corrected chi connectivity index (χ4v) is 3.37. The van der Waals surface area contributed by atoms with Gasteiger partial charge in [-0.05, 0) is 30.7 Å². The molecule has 0 saturated carbocycles. The Bertz CT molecular complexity index is 926. The molecule has 1 aliphatic heterocycles. The monoisotopic (exact) mass is 318 g/mol. The van der Waals surface area contributed by atoms with E-state index in [1.807, 2.05) is 6.92 Å². The summed E-state index contributed by atoms with van der Waals surface area (Å²) >= 11 is 1.19. The molecule has 0 radical (unpaired) electrons. The van der Waals surface area contributed by atoms with E-state index in [1.165, 1.54) is 24.5 Å². The summed E-state index contributed by atoms with van der Waals surface area (Å²) < 4.78 is 6.60. The standard InChI is InChI=1S/C15H14N2O4S/c1-8-5-13(19)17-14(20)12(22-15(17)16-8)7-9-3-4-10(18)11(6-9)21-2/h3-4,6-8,18H,5H2,1-2H3/b12-7+/t8-/m1/s1. The normalized spacial score (nSPS) is 18.0. The van der Waals surface area contributed by atoms with E-state index >= 15 is 0 Å². The van der Waals surface area contributed by atoms with E-state index < -0.39 is 0 Å². The number of hydrogen-bond donors (Lipinski definition) is 1. The zero-order valence-corrected chi connectivity index (χ0v) is 12.9. The van der Waals surface area contributed by atoms with Gasteiger partial charge in [-0.3, -0.25) is 14.6 Å². The minimum atomic E-state index is -0.354. The van der Waals surface area contributed by atoms with E-state index in [2.05, 4.69) is 4.99 Å². The predicted molar refractivity (Wildman–Crippen MR) is 82.3 cm³/mol. The van der Waals surface area contributed by atoms with Crippen LogP contribution in [0.3, 0.4) is 0 Å². The first kappa shape index (κ1) is 14.5. The number of thiazole rings is 1. The summed E-state index contributed by atoms with van der Waals surface area (Å²) in [7, 11) is 1.45. The fourth-order valence-electron chi connectivity index (χ4n) is 2.29. The lowest BCUT2D eigenvalue weighted by Gasteiger charge is -2.09. The van der Waals surface area contributed by atoms with Crippen molar-refractivity contribution in [3.05, 3.63) is 43.5 Å². The number of rotatable bonds is 2. The molecule has 1 aromatic carbocycles. The number of nitrogens with zero attached hydrogens (tertiary/aromatic N) is 2. The minimum absolute atomic E-state index is 0.0286. The van der Waals surface area contributed by atoms with Crippen LogP contribution in [0.5, 0.6) is 11.5 Å².